The maximum atomic E-state index is 5.58. The van der Waals surface area contributed by atoms with Crippen molar-refractivity contribution in [2.24, 2.45) is 5.73 Å². The Morgan fingerprint density at radius 2 is 2.33 bits per heavy atom. The number of pyridine rings is 1. The highest BCUT2D eigenvalue weighted by Gasteiger charge is 2.06. The number of halogens is 1. The summed E-state index contributed by atoms with van der Waals surface area (Å²) in [5.41, 5.74) is 7.29. The SMILES string of the molecule is CN(Cc1cc(Br)cs1)c1ccnc(C(N)=S)c1. The van der Waals surface area contributed by atoms with Gasteiger partial charge in [-0.25, -0.2) is 0 Å². The predicted molar refractivity (Wildman–Crippen MR) is 84.3 cm³/mol. The molecular weight excluding hydrogens is 330 g/mol. The van der Waals surface area contributed by atoms with Crippen molar-refractivity contribution in [3.63, 3.8) is 0 Å². The molecule has 0 atom stereocenters. The van der Waals surface area contributed by atoms with Crippen LogP contribution in [-0.4, -0.2) is 17.0 Å². The molecule has 2 rings (SSSR count). The van der Waals surface area contributed by atoms with E-state index in [1.807, 2.05) is 19.2 Å². The lowest BCUT2D eigenvalue weighted by Crippen LogP contribution is -2.17. The van der Waals surface area contributed by atoms with Gasteiger partial charge in [-0.2, -0.15) is 0 Å². The van der Waals surface area contributed by atoms with E-state index >= 15 is 0 Å². The Kier molecular flexibility index (Phi) is 4.31. The van der Waals surface area contributed by atoms with Crippen molar-refractivity contribution < 1.29 is 0 Å². The van der Waals surface area contributed by atoms with Gasteiger partial charge in [-0.05, 0) is 34.1 Å². The quantitative estimate of drug-likeness (QED) is 0.867. The minimum Gasteiger partial charge on any atom is -0.388 e. The van der Waals surface area contributed by atoms with E-state index in [4.69, 9.17) is 18.0 Å². The number of thiocarbonyl (C=S) groups is 1. The number of nitrogens with two attached hydrogens (primary N) is 1. The van der Waals surface area contributed by atoms with Gasteiger partial charge in [-0.15, -0.1) is 11.3 Å². The Hall–Kier alpha value is -0.980. The highest BCUT2D eigenvalue weighted by molar-refractivity contribution is 9.10. The van der Waals surface area contributed by atoms with E-state index in [9.17, 15) is 0 Å². The Bertz CT molecular complexity index is 568. The molecule has 2 heterocycles. The normalized spacial score (nSPS) is 10.3. The standard InChI is InChI=1S/C12H12BrN3S2/c1-16(6-10-4-8(13)7-18-10)9-2-3-15-11(5-9)12(14)17/h2-5,7H,6H2,1H3,(H2,14,17). The van der Waals surface area contributed by atoms with Crippen molar-refractivity contribution in [3.8, 4) is 0 Å². The molecule has 0 unspecified atom stereocenters. The number of thiophene rings is 1. The molecule has 0 spiro atoms. The molecule has 0 saturated carbocycles. The molecule has 0 fully saturated rings. The lowest BCUT2D eigenvalue weighted by atomic mass is 10.3. The van der Waals surface area contributed by atoms with E-state index in [0.717, 1.165) is 16.7 Å². The van der Waals surface area contributed by atoms with Crippen LogP contribution in [0.4, 0.5) is 5.69 Å². The number of rotatable bonds is 4. The van der Waals surface area contributed by atoms with E-state index in [1.165, 1.54) is 4.88 Å². The highest BCUT2D eigenvalue weighted by Crippen LogP contribution is 2.23. The van der Waals surface area contributed by atoms with Gasteiger partial charge in [0, 0.05) is 33.7 Å². The minimum atomic E-state index is 0.323. The molecule has 0 aromatic carbocycles. The summed E-state index contributed by atoms with van der Waals surface area (Å²) in [5, 5.41) is 2.08. The predicted octanol–water partition coefficient (Wildman–Crippen LogP) is 3.18. The zero-order chi connectivity index (χ0) is 13.1. The zero-order valence-electron chi connectivity index (χ0n) is 9.76. The topological polar surface area (TPSA) is 42.2 Å². The molecule has 2 N–H and O–H groups in total. The third-order valence-electron chi connectivity index (χ3n) is 2.45. The fourth-order valence-corrected chi connectivity index (χ4v) is 3.17. The second kappa shape index (κ2) is 5.77. The summed E-state index contributed by atoms with van der Waals surface area (Å²) in [6.45, 7) is 0.844. The van der Waals surface area contributed by atoms with Gasteiger partial charge >= 0.3 is 0 Å². The van der Waals surface area contributed by atoms with E-state index in [-0.39, 0.29) is 0 Å². The van der Waals surface area contributed by atoms with Crippen LogP contribution in [0.25, 0.3) is 0 Å². The van der Waals surface area contributed by atoms with Crippen LogP contribution in [0.5, 0.6) is 0 Å². The summed E-state index contributed by atoms with van der Waals surface area (Å²) in [5.74, 6) is 0. The van der Waals surface area contributed by atoms with Crippen molar-refractivity contribution in [1.82, 2.24) is 4.98 Å². The molecule has 0 aliphatic rings. The van der Waals surface area contributed by atoms with Crippen molar-refractivity contribution in [2.45, 2.75) is 6.54 Å². The van der Waals surface area contributed by atoms with Gasteiger partial charge in [-0.3, -0.25) is 4.98 Å². The number of hydrogen-bond donors (Lipinski definition) is 1. The van der Waals surface area contributed by atoms with E-state index < -0.39 is 0 Å². The largest absolute Gasteiger partial charge is 0.388 e. The van der Waals surface area contributed by atoms with Gasteiger partial charge in [0.05, 0.1) is 12.2 Å². The monoisotopic (exact) mass is 341 g/mol. The third-order valence-corrected chi connectivity index (χ3v) is 4.34. The smallest absolute Gasteiger partial charge is 0.122 e. The lowest BCUT2D eigenvalue weighted by molar-refractivity contribution is 0.937. The molecule has 0 amide bonds. The van der Waals surface area contributed by atoms with Crippen LogP contribution in [0, 0.1) is 0 Å². The van der Waals surface area contributed by atoms with Crippen LogP contribution in [-0.2, 0) is 6.54 Å². The first-order valence-electron chi connectivity index (χ1n) is 5.26. The minimum absolute atomic E-state index is 0.323. The van der Waals surface area contributed by atoms with Gasteiger partial charge in [0.25, 0.3) is 0 Å². The lowest BCUT2D eigenvalue weighted by Gasteiger charge is -2.18. The van der Waals surface area contributed by atoms with Gasteiger partial charge < -0.3 is 10.6 Å². The van der Waals surface area contributed by atoms with Crippen molar-refractivity contribution in [2.75, 3.05) is 11.9 Å². The van der Waals surface area contributed by atoms with Crippen LogP contribution in [0.3, 0.4) is 0 Å². The Balaban J connectivity index is 2.15. The second-order valence-corrected chi connectivity index (χ2v) is 6.20. The first kappa shape index (κ1) is 13.5. The van der Waals surface area contributed by atoms with Gasteiger partial charge in [0.2, 0.25) is 0 Å². The zero-order valence-corrected chi connectivity index (χ0v) is 13.0. The molecule has 3 nitrogen and oxygen atoms in total. The van der Waals surface area contributed by atoms with Crippen LogP contribution < -0.4 is 10.6 Å². The van der Waals surface area contributed by atoms with E-state index in [0.29, 0.717) is 10.7 Å². The second-order valence-electron chi connectivity index (χ2n) is 3.85. The van der Waals surface area contributed by atoms with Gasteiger partial charge in [0.15, 0.2) is 0 Å². The molecule has 0 aliphatic carbocycles. The van der Waals surface area contributed by atoms with Crippen molar-refractivity contribution in [1.29, 1.82) is 0 Å². The first-order chi connectivity index (χ1) is 8.56. The molecule has 2 aromatic heterocycles. The molecule has 0 aliphatic heterocycles. The fraction of sp³-hybridized carbons (Fsp3) is 0.167. The van der Waals surface area contributed by atoms with Crippen molar-refractivity contribution in [3.05, 3.63) is 44.8 Å². The molecule has 0 bridgehead atoms. The molecule has 18 heavy (non-hydrogen) atoms. The van der Waals surface area contributed by atoms with Gasteiger partial charge in [0.1, 0.15) is 4.99 Å². The Morgan fingerprint density at radius 1 is 1.56 bits per heavy atom. The maximum absolute atomic E-state index is 5.58. The average molecular weight is 342 g/mol. The van der Waals surface area contributed by atoms with E-state index in [2.05, 4.69) is 37.3 Å². The summed E-state index contributed by atoms with van der Waals surface area (Å²) in [6.07, 6.45) is 1.73. The average Bonchev–Trinajstić information content (AvgIpc) is 2.75. The van der Waals surface area contributed by atoms with Crippen LogP contribution in [0.1, 0.15) is 10.6 Å². The molecule has 2 aromatic rings. The highest BCUT2D eigenvalue weighted by atomic mass is 79.9. The number of aromatic nitrogens is 1. The number of hydrogen-bond acceptors (Lipinski definition) is 4. The van der Waals surface area contributed by atoms with Gasteiger partial charge in [-0.1, -0.05) is 12.2 Å². The molecule has 0 radical (unpaired) electrons. The summed E-state index contributed by atoms with van der Waals surface area (Å²) in [4.78, 5) is 7.89. The molecule has 0 saturated heterocycles. The summed E-state index contributed by atoms with van der Waals surface area (Å²) < 4.78 is 1.12. The number of anilines is 1. The third kappa shape index (κ3) is 3.28. The fourth-order valence-electron chi connectivity index (χ4n) is 1.55. The summed E-state index contributed by atoms with van der Waals surface area (Å²) in [6, 6.07) is 5.98. The number of nitrogens with zero attached hydrogens (tertiary/aromatic N) is 2. The summed E-state index contributed by atoms with van der Waals surface area (Å²) >= 11 is 10.1. The first-order valence-corrected chi connectivity index (χ1v) is 7.34. The molecule has 6 heteroatoms. The molecular formula is C12H12BrN3S2. The Morgan fingerprint density at radius 3 is 2.94 bits per heavy atom. The van der Waals surface area contributed by atoms with Crippen LogP contribution in [0.2, 0.25) is 0 Å². The van der Waals surface area contributed by atoms with E-state index in [1.54, 1.807) is 17.5 Å². The van der Waals surface area contributed by atoms with Crippen LogP contribution >= 0.6 is 39.5 Å². The van der Waals surface area contributed by atoms with Crippen LogP contribution in [0.15, 0.2) is 34.2 Å². The Labute approximate surface area is 124 Å². The maximum Gasteiger partial charge on any atom is 0.122 e. The van der Waals surface area contributed by atoms with Crippen molar-refractivity contribution >= 4 is 50.2 Å². The summed E-state index contributed by atoms with van der Waals surface area (Å²) in [7, 11) is 2.03. The molecule has 94 valence electrons.